The molecule has 0 unspecified atom stereocenters. The number of hydrogen-bond donors (Lipinski definition) is 0. The molecular weight excluding hydrogens is 360 g/mol. The van der Waals surface area contributed by atoms with E-state index in [1.54, 1.807) is 13.8 Å². The second-order valence-electron chi connectivity index (χ2n) is 9.75. The molecule has 0 atom stereocenters. The van der Waals surface area contributed by atoms with Crippen molar-refractivity contribution in [2.75, 3.05) is 0 Å². The van der Waals surface area contributed by atoms with Crippen molar-refractivity contribution in [1.29, 1.82) is 0 Å². The van der Waals surface area contributed by atoms with Gasteiger partial charge in [-0.1, -0.05) is 89.0 Å². The molecule has 0 bridgehead atoms. The summed E-state index contributed by atoms with van der Waals surface area (Å²) in [4.78, 5) is 23.5. The van der Waals surface area contributed by atoms with Gasteiger partial charge in [0, 0.05) is 5.56 Å². The zero-order chi connectivity index (χ0) is 21.8. The van der Waals surface area contributed by atoms with Crippen molar-refractivity contribution in [1.82, 2.24) is 0 Å². The molecule has 0 aliphatic rings. The van der Waals surface area contributed by atoms with E-state index in [4.69, 9.17) is 9.78 Å². The Labute approximate surface area is 179 Å². The third-order valence-electron chi connectivity index (χ3n) is 5.08. The number of Topliss-reactive ketones (excluding diaryl/α,β-unsaturated/α-hetero) is 1. The third-order valence-corrected chi connectivity index (χ3v) is 5.08. The molecule has 0 aliphatic heterocycles. The maximum Gasteiger partial charge on any atom is 0.197 e. The molecule has 1 aromatic carbocycles. The van der Waals surface area contributed by atoms with Crippen molar-refractivity contribution >= 4 is 5.78 Å². The van der Waals surface area contributed by atoms with Gasteiger partial charge in [0.2, 0.25) is 0 Å². The summed E-state index contributed by atoms with van der Waals surface area (Å²) in [6.45, 7) is 11.5. The number of carbonyl (C=O) groups is 1. The van der Waals surface area contributed by atoms with Crippen LogP contribution in [0.2, 0.25) is 0 Å². The van der Waals surface area contributed by atoms with Crippen LogP contribution in [0.3, 0.4) is 0 Å². The summed E-state index contributed by atoms with van der Waals surface area (Å²) in [5.74, 6) is -0.0627. The molecular formula is C26H44O3. The third kappa shape index (κ3) is 11.5. The lowest BCUT2D eigenvalue weighted by atomic mass is 9.95. The second-order valence-corrected chi connectivity index (χ2v) is 9.75. The SMILES string of the molecule is CCCCCCCCCCCCc1ccc(C(=O)C(C)(C)OOC(C)(C)C)cc1. The predicted octanol–water partition coefficient (Wildman–Crippen LogP) is 7.86. The standard InChI is InChI=1S/C26H44O3/c1-7-8-9-10-11-12-13-14-15-16-17-22-18-20-23(21-19-22)24(27)26(5,6)29-28-25(2,3)4/h18-21H,7-17H2,1-6H3. The Morgan fingerprint density at radius 3 is 1.69 bits per heavy atom. The maximum absolute atomic E-state index is 12.7. The molecule has 1 aromatic rings. The average Bonchev–Trinajstić information content (AvgIpc) is 2.67. The fourth-order valence-corrected chi connectivity index (χ4v) is 3.25. The first-order valence-electron chi connectivity index (χ1n) is 11.7. The van der Waals surface area contributed by atoms with Crippen molar-refractivity contribution in [3.05, 3.63) is 35.4 Å². The molecule has 1 rings (SSSR count). The van der Waals surface area contributed by atoms with Crippen LogP contribution >= 0.6 is 0 Å². The monoisotopic (exact) mass is 404 g/mol. The van der Waals surface area contributed by atoms with E-state index in [0.717, 1.165) is 6.42 Å². The van der Waals surface area contributed by atoms with Gasteiger partial charge in [0.25, 0.3) is 0 Å². The summed E-state index contributed by atoms with van der Waals surface area (Å²) >= 11 is 0. The van der Waals surface area contributed by atoms with E-state index >= 15 is 0 Å². The Morgan fingerprint density at radius 1 is 0.724 bits per heavy atom. The molecule has 0 saturated heterocycles. The fraction of sp³-hybridized carbons (Fsp3) is 0.731. The van der Waals surface area contributed by atoms with Crippen molar-refractivity contribution in [2.24, 2.45) is 0 Å². The van der Waals surface area contributed by atoms with Crippen LogP contribution in [0, 0.1) is 0 Å². The van der Waals surface area contributed by atoms with Crippen LogP contribution in [0.1, 0.15) is 122 Å². The number of rotatable bonds is 15. The Morgan fingerprint density at radius 2 is 1.21 bits per heavy atom. The maximum atomic E-state index is 12.7. The van der Waals surface area contributed by atoms with Gasteiger partial charge in [-0.2, -0.15) is 0 Å². The first kappa shape index (κ1) is 25.8. The average molecular weight is 405 g/mol. The van der Waals surface area contributed by atoms with Gasteiger partial charge in [-0.05, 0) is 53.0 Å². The highest BCUT2D eigenvalue weighted by Gasteiger charge is 2.32. The van der Waals surface area contributed by atoms with Gasteiger partial charge in [0.05, 0.1) is 5.60 Å². The van der Waals surface area contributed by atoms with E-state index in [9.17, 15) is 4.79 Å². The van der Waals surface area contributed by atoms with Gasteiger partial charge in [-0.25, -0.2) is 9.78 Å². The van der Waals surface area contributed by atoms with Gasteiger partial charge in [-0.3, -0.25) is 4.79 Å². The lowest BCUT2D eigenvalue weighted by Crippen LogP contribution is -2.38. The molecule has 0 spiro atoms. The number of unbranched alkanes of at least 4 members (excludes halogenated alkanes) is 9. The fourth-order valence-electron chi connectivity index (χ4n) is 3.25. The highest BCUT2D eigenvalue weighted by atomic mass is 17.2. The second kappa shape index (κ2) is 13.2. The molecule has 0 aliphatic carbocycles. The molecule has 0 saturated carbocycles. The van der Waals surface area contributed by atoms with Gasteiger partial charge < -0.3 is 0 Å². The normalized spacial score (nSPS) is 12.3. The van der Waals surface area contributed by atoms with E-state index in [2.05, 4.69) is 19.1 Å². The van der Waals surface area contributed by atoms with Crippen molar-refractivity contribution < 1.29 is 14.6 Å². The number of ketones is 1. The van der Waals surface area contributed by atoms with E-state index in [1.165, 1.54) is 69.8 Å². The molecule has 0 aromatic heterocycles. The number of hydrogen-bond acceptors (Lipinski definition) is 3. The Kier molecular flexibility index (Phi) is 11.7. The summed E-state index contributed by atoms with van der Waals surface area (Å²) in [5.41, 5.74) is 0.507. The summed E-state index contributed by atoms with van der Waals surface area (Å²) in [6, 6.07) is 7.97. The summed E-state index contributed by atoms with van der Waals surface area (Å²) in [7, 11) is 0. The highest BCUT2D eigenvalue weighted by Crippen LogP contribution is 2.22. The van der Waals surface area contributed by atoms with Crippen LogP contribution in [-0.2, 0) is 16.2 Å². The molecule has 0 radical (unpaired) electrons. The Bertz CT molecular complexity index is 567. The lowest BCUT2D eigenvalue weighted by Gasteiger charge is -2.27. The number of benzene rings is 1. The van der Waals surface area contributed by atoms with Crippen molar-refractivity contribution in [3.8, 4) is 0 Å². The molecule has 3 heteroatoms. The molecule has 0 amide bonds. The van der Waals surface area contributed by atoms with Crippen LogP contribution in [0.25, 0.3) is 0 Å². The Hall–Kier alpha value is -1.19. The van der Waals surface area contributed by atoms with Crippen molar-refractivity contribution in [2.45, 2.75) is 123 Å². The van der Waals surface area contributed by atoms with Crippen LogP contribution in [0.15, 0.2) is 24.3 Å². The van der Waals surface area contributed by atoms with Gasteiger partial charge in [0.1, 0.15) is 0 Å². The van der Waals surface area contributed by atoms with Crippen molar-refractivity contribution in [3.63, 3.8) is 0 Å². The van der Waals surface area contributed by atoms with E-state index in [-0.39, 0.29) is 5.78 Å². The minimum atomic E-state index is -1.01. The quantitative estimate of drug-likeness (QED) is 0.129. The Balaban J connectivity index is 2.28. The lowest BCUT2D eigenvalue weighted by molar-refractivity contribution is -0.383. The van der Waals surface area contributed by atoms with Crippen LogP contribution < -0.4 is 0 Å². The first-order chi connectivity index (χ1) is 13.7. The molecule has 0 N–H and O–H groups in total. The molecule has 0 fully saturated rings. The molecule has 166 valence electrons. The van der Waals surface area contributed by atoms with Gasteiger partial charge in [0.15, 0.2) is 11.4 Å². The van der Waals surface area contributed by atoms with Crippen LogP contribution in [0.4, 0.5) is 0 Å². The molecule has 0 heterocycles. The molecule has 3 nitrogen and oxygen atoms in total. The summed E-state index contributed by atoms with van der Waals surface area (Å²) < 4.78 is 0. The molecule has 29 heavy (non-hydrogen) atoms. The topological polar surface area (TPSA) is 35.5 Å². The largest absolute Gasteiger partial charge is 0.291 e. The van der Waals surface area contributed by atoms with Gasteiger partial charge >= 0.3 is 0 Å². The highest BCUT2D eigenvalue weighted by molar-refractivity contribution is 6.01. The summed E-state index contributed by atoms with van der Waals surface area (Å²) in [5, 5.41) is 0. The number of carbonyl (C=O) groups excluding carboxylic acids is 1. The first-order valence-corrected chi connectivity index (χ1v) is 11.7. The van der Waals surface area contributed by atoms with Crippen LogP contribution in [-0.4, -0.2) is 17.0 Å². The zero-order valence-corrected chi connectivity index (χ0v) is 19.8. The minimum Gasteiger partial charge on any atom is -0.291 e. The minimum absolute atomic E-state index is 0.0627. The predicted molar refractivity (Wildman–Crippen MR) is 122 cm³/mol. The van der Waals surface area contributed by atoms with Gasteiger partial charge in [-0.15, -0.1) is 0 Å². The number of aryl methyl sites for hydroxylation is 1. The summed E-state index contributed by atoms with van der Waals surface area (Å²) in [6.07, 6.45) is 14.6. The van der Waals surface area contributed by atoms with Crippen LogP contribution in [0.5, 0.6) is 0 Å². The smallest absolute Gasteiger partial charge is 0.197 e. The zero-order valence-electron chi connectivity index (χ0n) is 19.8. The van der Waals surface area contributed by atoms with E-state index in [0.29, 0.717) is 5.56 Å². The van der Waals surface area contributed by atoms with E-state index in [1.807, 2.05) is 32.9 Å². The van der Waals surface area contributed by atoms with E-state index < -0.39 is 11.2 Å².